The van der Waals surface area contributed by atoms with Crippen molar-refractivity contribution in [2.75, 3.05) is 0 Å². The van der Waals surface area contributed by atoms with E-state index in [1.807, 2.05) is 6.92 Å². The summed E-state index contributed by atoms with van der Waals surface area (Å²) in [5, 5.41) is 9.13. The molecule has 114 valence electrons. The minimum atomic E-state index is -0.717. The fraction of sp³-hybridized carbons (Fsp3) is 0.938. The van der Waals surface area contributed by atoms with Crippen LogP contribution in [0.15, 0.2) is 0 Å². The van der Waals surface area contributed by atoms with Crippen molar-refractivity contribution >= 4 is 21.9 Å². The molecule has 0 rings (SSSR count). The van der Waals surface area contributed by atoms with Crippen LogP contribution < -0.4 is 0 Å². The summed E-state index contributed by atoms with van der Waals surface area (Å²) >= 11 is 3.37. The topological polar surface area (TPSA) is 37.3 Å². The molecule has 1 atom stereocenters. The molecule has 0 bridgehead atoms. The van der Waals surface area contributed by atoms with E-state index in [-0.39, 0.29) is 0 Å². The third-order valence-electron chi connectivity index (χ3n) is 3.87. The zero-order chi connectivity index (χ0) is 14.6. The Bertz CT molecular complexity index is 231. The Balaban J connectivity index is 3.38. The van der Waals surface area contributed by atoms with Crippen LogP contribution in [-0.4, -0.2) is 15.4 Å². The van der Waals surface area contributed by atoms with Gasteiger partial charge in [0.05, 0.1) is 0 Å². The lowest BCUT2D eigenvalue weighted by Crippen LogP contribution is -2.30. The van der Waals surface area contributed by atoms with Crippen LogP contribution in [-0.2, 0) is 4.79 Å². The molecule has 1 unspecified atom stereocenters. The molecule has 0 heterocycles. The number of rotatable bonds is 13. The number of halogens is 1. The van der Waals surface area contributed by atoms with E-state index in [2.05, 4.69) is 22.9 Å². The maximum Gasteiger partial charge on any atom is 0.320 e. The third kappa shape index (κ3) is 9.48. The van der Waals surface area contributed by atoms with Crippen molar-refractivity contribution in [3.05, 3.63) is 0 Å². The second kappa shape index (κ2) is 11.7. The van der Waals surface area contributed by atoms with E-state index in [0.29, 0.717) is 6.42 Å². The molecule has 0 spiro atoms. The molecule has 0 aromatic carbocycles. The van der Waals surface area contributed by atoms with Gasteiger partial charge in [0, 0.05) is 0 Å². The molecule has 2 nitrogen and oxygen atoms in total. The number of carboxylic acid groups (broad SMARTS) is 1. The Kier molecular flexibility index (Phi) is 11.7. The number of unbranched alkanes of at least 4 members (excludes halogenated alkanes) is 9. The van der Waals surface area contributed by atoms with Crippen molar-refractivity contribution in [3.63, 3.8) is 0 Å². The summed E-state index contributed by atoms with van der Waals surface area (Å²) in [6, 6.07) is 0. The van der Waals surface area contributed by atoms with Crippen LogP contribution in [0.25, 0.3) is 0 Å². The highest BCUT2D eigenvalue weighted by atomic mass is 79.9. The Morgan fingerprint density at radius 3 is 1.68 bits per heavy atom. The fourth-order valence-corrected chi connectivity index (χ4v) is 2.61. The first-order valence-corrected chi connectivity index (χ1v) is 8.78. The zero-order valence-electron chi connectivity index (χ0n) is 12.7. The highest BCUT2D eigenvalue weighted by Gasteiger charge is 2.32. The quantitative estimate of drug-likeness (QED) is 0.335. The minimum absolute atomic E-state index is 0.653. The average Bonchev–Trinajstić information content (AvgIpc) is 2.40. The Morgan fingerprint density at radius 2 is 1.32 bits per heavy atom. The lowest BCUT2D eigenvalue weighted by Gasteiger charge is -2.20. The van der Waals surface area contributed by atoms with Gasteiger partial charge < -0.3 is 5.11 Å². The van der Waals surface area contributed by atoms with Gasteiger partial charge in [-0.15, -0.1) is 0 Å². The predicted octanol–water partition coefficient (Wildman–Crippen LogP) is 5.93. The molecule has 0 aromatic heterocycles. The van der Waals surface area contributed by atoms with Crippen LogP contribution in [0.3, 0.4) is 0 Å². The van der Waals surface area contributed by atoms with Crippen molar-refractivity contribution in [2.24, 2.45) is 0 Å². The second-order valence-electron chi connectivity index (χ2n) is 5.56. The Labute approximate surface area is 127 Å². The maximum absolute atomic E-state index is 11.1. The normalized spacial score (nSPS) is 14.3. The first-order valence-electron chi connectivity index (χ1n) is 7.99. The number of hydrogen-bond acceptors (Lipinski definition) is 1. The van der Waals surface area contributed by atoms with Crippen molar-refractivity contribution in [2.45, 2.75) is 95.2 Å². The number of alkyl halides is 1. The molecule has 0 aromatic rings. The predicted molar refractivity (Wildman–Crippen MR) is 86.0 cm³/mol. The summed E-state index contributed by atoms with van der Waals surface area (Å²) in [6.45, 7) is 4.18. The summed E-state index contributed by atoms with van der Waals surface area (Å²) < 4.78 is -0.687. The van der Waals surface area contributed by atoms with Crippen LogP contribution in [0.1, 0.15) is 90.9 Å². The Hall–Kier alpha value is -0.0500. The van der Waals surface area contributed by atoms with E-state index in [9.17, 15) is 4.79 Å². The van der Waals surface area contributed by atoms with E-state index in [4.69, 9.17) is 5.11 Å². The summed E-state index contributed by atoms with van der Waals surface area (Å²) in [5.74, 6) is -0.717. The maximum atomic E-state index is 11.1. The van der Waals surface area contributed by atoms with E-state index >= 15 is 0 Å². The molecule has 3 heteroatoms. The lowest BCUT2D eigenvalue weighted by molar-refractivity contribution is -0.139. The van der Waals surface area contributed by atoms with E-state index in [1.54, 1.807) is 0 Å². The summed E-state index contributed by atoms with van der Waals surface area (Å²) in [5.41, 5.74) is 0. The van der Waals surface area contributed by atoms with Gasteiger partial charge in [-0.3, -0.25) is 4.79 Å². The number of carboxylic acids is 1. The summed E-state index contributed by atoms with van der Waals surface area (Å²) in [7, 11) is 0. The summed E-state index contributed by atoms with van der Waals surface area (Å²) in [6.07, 6.45) is 14.3. The largest absolute Gasteiger partial charge is 0.480 e. The second-order valence-corrected chi connectivity index (χ2v) is 7.07. The molecular formula is C16H31BrO2. The van der Waals surface area contributed by atoms with Gasteiger partial charge in [-0.2, -0.15) is 0 Å². The molecule has 0 aliphatic heterocycles. The average molecular weight is 335 g/mol. The molecule has 0 saturated carbocycles. The SMILES string of the molecule is CCCCCCCCCCCCC(Br)(CC)C(=O)O. The van der Waals surface area contributed by atoms with Gasteiger partial charge in [-0.1, -0.05) is 94.0 Å². The van der Waals surface area contributed by atoms with E-state index < -0.39 is 10.3 Å². The smallest absolute Gasteiger partial charge is 0.320 e. The van der Waals surface area contributed by atoms with E-state index in [0.717, 1.165) is 19.3 Å². The highest BCUT2D eigenvalue weighted by molar-refractivity contribution is 9.10. The van der Waals surface area contributed by atoms with Crippen LogP contribution >= 0.6 is 15.9 Å². The minimum Gasteiger partial charge on any atom is -0.480 e. The standard InChI is InChI=1S/C16H31BrO2/c1-3-5-6-7-8-9-10-11-12-13-14-16(17,4-2)15(18)19/h3-14H2,1-2H3,(H,18,19). The molecule has 0 amide bonds. The highest BCUT2D eigenvalue weighted by Crippen LogP contribution is 2.29. The van der Waals surface area contributed by atoms with Crippen molar-refractivity contribution in [1.82, 2.24) is 0 Å². The van der Waals surface area contributed by atoms with Gasteiger partial charge in [0.2, 0.25) is 0 Å². The van der Waals surface area contributed by atoms with E-state index in [1.165, 1.54) is 51.4 Å². The molecule has 0 aliphatic rings. The lowest BCUT2D eigenvalue weighted by atomic mass is 9.97. The van der Waals surface area contributed by atoms with Gasteiger partial charge in [0.25, 0.3) is 0 Å². The zero-order valence-corrected chi connectivity index (χ0v) is 14.3. The van der Waals surface area contributed by atoms with Gasteiger partial charge in [0.1, 0.15) is 4.32 Å². The molecule has 0 radical (unpaired) electrons. The van der Waals surface area contributed by atoms with Crippen LogP contribution in [0, 0.1) is 0 Å². The Morgan fingerprint density at radius 1 is 0.895 bits per heavy atom. The molecule has 0 fully saturated rings. The summed E-state index contributed by atoms with van der Waals surface area (Å²) in [4.78, 5) is 11.1. The monoisotopic (exact) mass is 334 g/mol. The van der Waals surface area contributed by atoms with Gasteiger partial charge in [-0.25, -0.2) is 0 Å². The third-order valence-corrected chi connectivity index (χ3v) is 5.17. The van der Waals surface area contributed by atoms with Crippen LogP contribution in [0.2, 0.25) is 0 Å². The van der Waals surface area contributed by atoms with Crippen LogP contribution in [0.4, 0.5) is 0 Å². The van der Waals surface area contributed by atoms with Gasteiger partial charge in [0.15, 0.2) is 0 Å². The molecule has 1 N–H and O–H groups in total. The van der Waals surface area contributed by atoms with Crippen molar-refractivity contribution in [1.29, 1.82) is 0 Å². The van der Waals surface area contributed by atoms with Gasteiger partial charge >= 0.3 is 5.97 Å². The van der Waals surface area contributed by atoms with Gasteiger partial charge in [-0.05, 0) is 12.8 Å². The number of aliphatic carboxylic acids is 1. The number of carbonyl (C=O) groups is 1. The van der Waals surface area contributed by atoms with Crippen molar-refractivity contribution in [3.8, 4) is 0 Å². The molecular weight excluding hydrogens is 304 g/mol. The van der Waals surface area contributed by atoms with Crippen LogP contribution in [0.5, 0.6) is 0 Å². The fourth-order valence-electron chi connectivity index (χ4n) is 2.33. The first-order chi connectivity index (χ1) is 9.06. The molecule has 19 heavy (non-hydrogen) atoms. The molecule has 0 aliphatic carbocycles. The number of hydrogen-bond donors (Lipinski definition) is 1. The molecule has 0 saturated heterocycles. The first kappa shape index (κ1) is 18.9. The van der Waals surface area contributed by atoms with Crippen molar-refractivity contribution < 1.29 is 9.90 Å².